The van der Waals surface area contributed by atoms with Crippen molar-refractivity contribution in [2.75, 3.05) is 39.6 Å². The molecule has 7 nitrogen and oxygen atoms in total. The third-order valence-electron chi connectivity index (χ3n) is 4.62. The lowest BCUT2D eigenvalue weighted by Crippen LogP contribution is -2.40. The number of anilines is 1. The minimum Gasteiger partial charge on any atom is -0.347 e. The summed E-state index contributed by atoms with van der Waals surface area (Å²) in [6.07, 6.45) is 3.25. The van der Waals surface area contributed by atoms with Crippen molar-refractivity contribution in [3.05, 3.63) is 41.2 Å². The lowest BCUT2D eigenvalue weighted by atomic mass is 10.0. The van der Waals surface area contributed by atoms with Gasteiger partial charge in [-0.3, -0.25) is 0 Å². The lowest BCUT2D eigenvalue weighted by molar-refractivity contribution is 0.358. The molecule has 0 N–H and O–H groups in total. The first-order chi connectivity index (χ1) is 12.7. The predicted molar refractivity (Wildman–Crippen MR) is 108 cm³/mol. The van der Waals surface area contributed by atoms with Gasteiger partial charge in [0.25, 0.3) is 10.2 Å². The Morgan fingerprint density at radius 1 is 1.22 bits per heavy atom. The highest BCUT2D eigenvalue weighted by molar-refractivity contribution is 7.86. The zero-order valence-electron chi connectivity index (χ0n) is 15.9. The van der Waals surface area contributed by atoms with E-state index in [1.54, 1.807) is 26.4 Å². The molecule has 0 unspecified atom stereocenters. The van der Waals surface area contributed by atoms with E-state index in [1.807, 2.05) is 37.2 Å². The minimum atomic E-state index is -3.55. The van der Waals surface area contributed by atoms with E-state index >= 15 is 0 Å². The van der Waals surface area contributed by atoms with E-state index in [0.717, 1.165) is 17.5 Å². The summed E-state index contributed by atoms with van der Waals surface area (Å²) in [7, 11) is 3.28. The van der Waals surface area contributed by atoms with Gasteiger partial charge in [0.2, 0.25) is 5.95 Å². The van der Waals surface area contributed by atoms with E-state index < -0.39 is 10.2 Å². The van der Waals surface area contributed by atoms with Gasteiger partial charge in [-0.25, -0.2) is 9.97 Å². The summed E-state index contributed by atoms with van der Waals surface area (Å²) in [6, 6.07) is 7.11. The van der Waals surface area contributed by atoms with Crippen LogP contribution in [0.15, 0.2) is 30.5 Å². The Morgan fingerprint density at radius 3 is 2.59 bits per heavy atom. The van der Waals surface area contributed by atoms with Gasteiger partial charge in [-0.05, 0) is 30.5 Å². The van der Waals surface area contributed by atoms with Crippen LogP contribution in [-0.4, -0.2) is 61.7 Å². The van der Waals surface area contributed by atoms with Crippen molar-refractivity contribution in [1.29, 1.82) is 0 Å². The van der Waals surface area contributed by atoms with Gasteiger partial charge in [0.15, 0.2) is 0 Å². The van der Waals surface area contributed by atoms with Crippen LogP contribution >= 0.6 is 11.6 Å². The van der Waals surface area contributed by atoms with Gasteiger partial charge in [0, 0.05) is 51.5 Å². The number of nitrogens with zero attached hydrogens (tertiary/aromatic N) is 5. The van der Waals surface area contributed by atoms with Crippen LogP contribution in [0.5, 0.6) is 0 Å². The molecule has 0 spiro atoms. The van der Waals surface area contributed by atoms with Gasteiger partial charge in [0.1, 0.15) is 0 Å². The molecule has 0 radical (unpaired) electrons. The molecule has 1 atom stereocenters. The van der Waals surface area contributed by atoms with Crippen molar-refractivity contribution in [3.63, 3.8) is 0 Å². The third-order valence-corrected chi connectivity index (χ3v) is 6.81. The lowest BCUT2D eigenvalue weighted by Gasteiger charge is -2.28. The Hall–Kier alpha value is -1.74. The summed E-state index contributed by atoms with van der Waals surface area (Å²) < 4.78 is 28.4. The van der Waals surface area contributed by atoms with Gasteiger partial charge in [-0.15, -0.1) is 0 Å². The average Bonchev–Trinajstić information content (AvgIpc) is 3.11. The maximum Gasteiger partial charge on any atom is 0.282 e. The molecule has 146 valence electrons. The van der Waals surface area contributed by atoms with Crippen LogP contribution in [0.3, 0.4) is 0 Å². The van der Waals surface area contributed by atoms with E-state index in [2.05, 4.69) is 4.98 Å². The van der Waals surface area contributed by atoms with E-state index in [9.17, 15) is 8.42 Å². The predicted octanol–water partition coefficient (Wildman–Crippen LogP) is 2.81. The monoisotopic (exact) mass is 409 g/mol. The zero-order chi connectivity index (χ0) is 19.8. The molecule has 0 bridgehead atoms. The summed E-state index contributed by atoms with van der Waals surface area (Å²) in [5.74, 6) is 0.546. The summed E-state index contributed by atoms with van der Waals surface area (Å²) >= 11 is 6.17. The fraction of sp³-hybridized carbons (Fsp3) is 0.444. The molecule has 1 fully saturated rings. The molecular formula is C18H24ClN5O2S. The number of aromatic nitrogens is 2. The quantitative estimate of drug-likeness (QED) is 0.759. The van der Waals surface area contributed by atoms with Crippen LogP contribution in [0, 0.1) is 0 Å². The molecule has 3 rings (SSSR count). The second kappa shape index (κ2) is 7.71. The number of benzene rings is 1. The Balaban J connectivity index is 2.16. The van der Waals surface area contributed by atoms with Crippen molar-refractivity contribution >= 4 is 27.8 Å². The summed E-state index contributed by atoms with van der Waals surface area (Å²) in [6.45, 7) is 0.474. The SMILES string of the molecule is CN(C)c1ncc(-c2cccc(Cl)c2)c([C@@H]2CCCN2S(=O)(=O)N(C)C)n1. The largest absolute Gasteiger partial charge is 0.347 e. The third kappa shape index (κ3) is 3.94. The molecule has 1 aliphatic heterocycles. The van der Waals surface area contributed by atoms with Crippen LogP contribution in [0.2, 0.25) is 5.02 Å². The first-order valence-electron chi connectivity index (χ1n) is 8.71. The Labute approximate surface area is 165 Å². The molecule has 1 aromatic carbocycles. The maximum absolute atomic E-state index is 12.8. The molecule has 1 aromatic heterocycles. The molecule has 0 aliphatic carbocycles. The summed E-state index contributed by atoms with van der Waals surface area (Å²) in [5, 5.41) is 0.610. The number of hydrogen-bond acceptors (Lipinski definition) is 5. The Kier molecular flexibility index (Phi) is 5.71. The highest BCUT2D eigenvalue weighted by Gasteiger charge is 2.38. The van der Waals surface area contributed by atoms with Crippen LogP contribution in [-0.2, 0) is 10.2 Å². The molecule has 1 aliphatic rings. The molecular weight excluding hydrogens is 386 g/mol. The van der Waals surface area contributed by atoms with Crippen LogP contribution in [0.4, 0.5) is 5.95 Å². The topological polar surface area (TPSA) is 69.6 Å². The van der Waals surface area contributed by atoms with E-state index in [1.165, 1.54) is 8.61 Å². The average molecular weight is 410 g/mol. The molecule has 2 aromatic rings. The highest BCUT2D eigenvalue weighted by Crippen LogP contribution is 2.39. The molecule has 9 heteroatoms. The normalized spacial score (nSPS) is 18.2. The summed E-state index contributed by atoms with van der Waals surface area (Å²) in [5.41, 5.74) is 2.38. The summed E-state index contributed by atoms with van der Waals surface area (Å²) in [4.78, 5) is 11.0. The number of rotatable bonds is 5. The second-order valence-corrected chi connectivity index (χ2v) is 9.46. The van der Waals surface area contributed by atoms with E-state index in [-0.39, 0.29) is 6.04 Å². The highest BCUT2D eigenvalue weighted by atomic mass is 35.5. The van der Waals surface area contributed by atoms with Crippen molar-refractivity contribution in [2.24, 2.45) is 0 Å². The fourth-order valence-electron chi connectivity index (χ4n) is 3.23. The van der Waals surface area contributed by atoms with Gasteiger partial charge in [-0.1, -0.05) is 23.7 Å². The van der Waals surface area contributed by atoms with Crippen molar-refractivity contribution < 1.29 is 8.42 Å². The Morgan fingerprint density at radius 2 is 1.96 bits per heavy atom. The van der Waals surface area contributed by atoms with Gasteiger partial charge < -0.3 is 4.90 Å². The van der Waals surface area contributed by atoms with Crippen molar-refractivity contribution in [3.8, 4) is 11.1 Å². The van der Waals surface area contributed by atoms with Gasteiger partial charge in [-0.2, -0.15) is 17.0 Å². The number of halogens is 1. The standard InChI is InChI=1S/C18H24ClN5O2S/c1-22(2)18-20-12-15(13-7-5-8-14(19)11-13)17(21-18)16-9-6-10-24(16)27(25,26)23(3)4/h5,7-8,11-12,16H,6,9-10H2,1-4H3/t16-/m0/s1. The van der Waals surface area contributed by atoms with Crippen LogP contribution in [0.25, 0.3) is 11.1 Å². The van der Waals surface area contributed by atoms with Crippen LogP contribution < -0.4 is 4.90 Å². The fourth-order valence-corrected chi connectivity index (χ4v) is 4.73. The first kappa shape index (κ1) is 20.0. The van der Waals surface area contributed by atoms with E-state index in [4.69, 9.17) is 16.6 Å². The molecule has 1 saturated heterocycles. The molecule has 27 heavy (non-hydrogen) atoms. The van der Waals surface area contributed by atoms with Crippen molar-refractivity contribution in [1.82, 2.24) is 18.6 Å². The van der Waals surface area contributed by atoms with Crippen molar-refractivity contribution in [2.45, 2.75) is 18.9 Å². The minimum absolute atomic E-state index is 0.340. The smallest absolute Gasteiger partial charge is 0.282 e. The zero-order valence-corrected chi connectivity index (χ0v) is 17.5. The first-order valence-corrected chi connectivity index (χ1v) is 10.5. The van der Waals surface area contributed by atoms with Gasteiger partial charge in [0.05, 0.1) is 11.7 Å². The Bertz CT molecular complexity index is 933. The molecule has 0 saturated carbocycles. The second-order valence-electron chi connectivity index (χ2n) is 6.93. The molecule has 2 heterocycles. The maximum atomic E-state index is 12.8. The number of hydrogen-bond donors (Lipinski definition) is 0. The van der Waals surface area contributed by atoms with Gasteiger partial charge >= 0.3 is 0 Å². The van der Waals surface area contributed by atoms with Crippen LogP contribution in [0.1, 0.15) is 24.6 Å². The van der Waals surface area contributed by atoms with E-state index in [0.29, 0.717) is 29.6 Å². The molecule has 0 amide bonds.